The molecule has 5 rings (SSSR count). The first-order valence-corrected chi connectivity index (χ1v) is 9.00. The number of aromatic nitrogens is 6. The molecule has 0 aromatic carbocycles. The number of aromatic amines is 2. The van der Waals surface area contributed by atoms with E-state index in [1.54, 1.807) is 18.6 Å². The lowest BCUT2D eigenvalue weighted by molar-refractivity contribution is 0.0904. The van der Waals surface area contributed by atoms with Gasteiger partial charge in [-0.3, -0.25) is 10.1 Å². The van der Waals surface area contributed by atoms with Crippen LogP contribution in [0.25, 0.3) is 33.4 Å². The first kappa shape index (κ1) is 16.0. The molecule has 0 saturated carbocycles. The van der Waals surface area contributed by atoms with Gasteiger partial charge in [-0.05, 0) is 18.9 Å². The zero-order valence-corrected chi connectivity index (χ0v) is 14.6. The third kappa shape index (κ3) is 3.15. The second kappa shape index (κ2) is 6.81. The van der Waals surface area contributed by atoms with Gasteiger partial charge in [0.1, 0.15) is 11.5 Å². The number of hydrogen-bond donors (Lipinski definition) is 3. The molecule has 3 N–H and O–H groups in total. The van der Waals surface area contributed by atoms with Crippen molar-refractivity contribution in [1.82, 2.24) is 30.1 Å². The molecule has 1 saturated heterocycles. The predicted molar refractivity (Wildman–Crippen MR) is 102 cm³/mol. The Hall–Kier alpha value is -3.26. The van der Waals surface area contributed by atoms with Crippen LogP contribution >= 0.6 is 0 Å². The maximum atomic E-state index is 5.42. The Morgan fingerprint density at radius 3 is 2.81 bits per heavy atom. The van der Waals surface area contributed by atoms with Crippen LogP contribution in [0.3, 0.4) is 0 Å². The fraction of sp³-hybridized carbons (Fsp3) is 0.263. The molecule has 0 amide bonds. The number of ether oxygens (including phenoxy) is 1. The summed E-state index contributed by atoms with van der Waals surface area (Å²) in [4.78, 5) is 16.9. The maximum Gasteiger partial charge on any atom is 0.145 e. The smallest absolute Gasteiger partial charge is 0.145 e. The van der Waals surface area contributed by atoms with E-state index in [1.807, 2.05) is 18.6 Å². The third-order valence-electron chi connectivity index (χ3n) is 4.85. The van der Waals surface area contributed by atoms with Crippen LogP contribution in [0.2, 0.25) is 0 Å². The Kier molecular flexibility index (Phi) is 4.02. The Bertz CT molecular complexity index is 1050. The van der Waals surface area contributed by atoms with Gasteiger partial charge >= 0.3 is 0 Å². The van der Waals surface area contributed by atoms with Crippen molar-refractivity contribution >= 4 is 16.9 Å². The number of anilines is 1. The molecule has 0 spiro atoms. The van der Waals surface area contributed by atoms with E-state index in [9.17, 15) is 0 Å². The highest BCUT2D eigenvalue weighted by atomic mass is 16.5. The highest BCUT2D eigenvalue weighted by Gasteiger charge is 2.15. The van der Waals surface area contributed by atoms with E-state index in [1.165, 1.54) is 0 Å². The molecule has 1 aliphatic heterocycles. The van der Waals surface area contributed by atoms with Crippen LogP contribution in [-0.2, 0) is 4.74 Å². The van der Waals surface area contributed by atoms with Gasteiger partial charge in [0.25, 0.3) is 0 Å². The number of pyridine rings is 1. The number of nitrogens with zero attached hydrogens (tertiary/aromatic N) is 4. The number of rotatable bonds is 4. The molecule has 136 valence electrons. The second-order valence-electron chi connectivity index (χ2n) is 6.63. The molecule has 8 nitrogen and oxygen atoms in total. The summed E-state index contributed by atoms with van der Waals surface area (Å²) in [5.74, 6) is 0.785. The van der Waals surface area contributed by atoms with Gasteiger partial charge in [-0.2, -0.15) is 5.10 Å². The Morgan fingerprint density at radius 1 is 1.04 bits per heavy atom. The zero-order chi connectivity index (χ0) is 18.1. The minimum absolute atomic E-state index is 0.376. The summed E-state index contributed by atoms with van der Waals surface area (Å²) in [6.07, 6.45) is 12.9. The van der Waals surface area contributed by atoms with Crippen LogP contribution in [0.1, 0.15) is 12.8 Å². The van der Waals surface area contributed by atoms with Crippen molar-refractivity contribution in [2.45, 2.75) is 18.9 Å². The van der Waals surface area contributed by atoms with Crippen LogP contribution < -0.4 is 5.32 Å². The van der Waals surface area contributed by atoms with Gasteiger partial charge in [0, 0.05) is 59.9 Å². The Labute approximate surface area is 155 Å². The standard InChI is InChI=1S/C19H19N7O/c1-3-27-4-2-14(1)25-18-11-20-10-17(26-18)16-9-22-19-15(16)5-12(6-21-19)13-7-23-24-8-13/h5-11,14H,1-4H2,(H,21,22)(H,23,24)(H,25,26). The highest BCUT2D eigenvalue weighted by Crippen LogP contribution is 2.30. The van der Waals surface area contributed by atoms with Crippen molar-refractivity contribution in [1.29, 1.82) is 0 Å². The van der Waals surface area contributed by atoms with Crippen molar-refractivity contribution in [2.24, 2.45) is 0 Å². The molecule has 5 heterocycles. The summed E-state index contributed by atoms with van der Waals surface area (Å²) in [6.45, 7) is 1.57. The average Bonchev–Trinajstić information content (AvgIpc) is 3.38. The molecule has 0 aliphatic carbocycles. The molecular formula is C19H19N7O. The zero-order valence-electron chi connectivity index (χ0n) is 14.6. The molecular weight excluding hydrogens is 342 g/mol. The van der Waals surface area contributed by atoms with Crippen LogP contribution in [0.15, 0.2) is 43.2 Å². The van der Waals surface area contributed by atoms with Gasteiger partial charge in [0.05, 0.1) is 24.3 Å². The lowest BCUT2D eigenvalue weighted by atomic mass is 10.1. The SMILES string of the molecule is c1n[nH]cc1-c1cnc2[nH]cc(-c3cncc(NC4CCOCC4)n3)c2c1. The normalized spacial score (nSPS) is 15.3. The lowest BCUT2D eigenvalue weighted by Crippen LogP contribution is -2.28. The average molecular weight is 361 g/mol. The highest BCUT2D eigenvalue weighted by molar-refractivity contribution is 5.94. The molecule has 0 radical (unpaired) electrons. The summed E-state index contributed by atoms with van der Waals surface area (Å²) in [7, 11) is 0. The van der Waals surface area contributed by atoms with E-state index in [-0.39, 0.29) is 0 Å². The quantitative estimate of drug-likeness (QED) is 0.516. The van der Waals surface area contributed by atoms with E-state index in [0.717, 1.165) is 65.3 Å². The predicted octanol–water partition coefficient (Wildman–Crippen LogP) is 3.00. The third-order valence-corrected chi connectivity index (χ3v) is 4.85. The summed E-state index contributed by atoms with van der Waals surface area (Å²) >= 11 is 0. The molecule has 4 aromatic rings. The van der Waals surface area contributed by atoms with Crippen LogP contribution in [0.5, 0.6) is 0 Å². The molecule has 0 bridgehead atoms. The summed E-state index contributed by atoms with van der Waals surface area (Å²) < 4.78 is 5.42. The fourth-order valence-electron chi connectivity index (χ4n) is 3.40. The van der Waals surface area contributed by atoms with Crippen LogP contribution in [0.4, 0.5) is 5.82 Å². The van der Waals surface area contributed by atoms with Crippen molar-refractivity contribution in [3.8, 4) is 22.4 Å². The van der Waals surface area contributed by atoms with Crippen LogP contribution in [-0.4, -0.2) is 49.4 Å². The van der Waals surface area contributed by atoms with Crippen molar-refractivity contribution < 1.29 is 4.74 Å². The molecule has 0 atom stereocenters. The topological polar surface area (TPSA) is 104 Å². The van der Waals surface area contributed by atoms with Gasteiger partial charge in [-0.1, -0.05) is 0 Å². The molecule has 4 aromatic heterocycles. The maximum absolute atomic E-state index is 5.42. The van der Waals surface area contributed by atoms with Crippen LogP contribution in [0, 0.1) is 0 Å². The summed E-state index contributed by atoms with van der Waals surface area (Å²) in [5.41, 5.74) is 4.61. The number of nitrogens with one attached hydrogen (secondary N) is 3. The van der Waals surface area contributed by atoms with Crippen molar-refractivity contribution in [2.75, 3.05) is 18.5 Å². The van der Waals surface area contributed by atoms with Gasteiger partial charge in [-0.15, -0.1) is 0 Å². The second-order valence-corrected chi connectivity index (χ2v) is 6.63. The lowest BCUT2D eigenvalue weighted by Gasteiger charge is -2.23. The monoisotopic (exact) mass is 361 g/mol. The fourth-order valence-corrected chi connectivity index (χ4v) is 3.40. The van der Waals surface area contributed by atoms with E-state index in [2.05, 4.69) is 36.5 Å². The number of fused-ring (bicyclic) bond motifs is 1. The largest absolute Gasteiger partial charge is 0.381 e. The molecule has 1 aliphatic rings. The first-order chi connectivity index (χ1) is 13.4. The van der Waals surface area contributed by atoms with Gasteiger partial charge in [0.2, 0.25) is 0 Å². The minimum atomic E-state index is 0.376. The summed E-state index contributed by atoms with van der Waals surface area (Å²) in [5, 5.41) is 11.3. The molecule has 0 unspecified atom stereocenters. The Balaban J connectivity index is 1.49. The molecule has 27 heavy (non-hydrogen) atoms. The van der Waals surface area contributed by atoms with Gasteiger partial charge in [0.15, 0.2) is 0 Å². The first-order valence-electron chi connectivity index (χ1n) is 9.00. The van der Waals surface area contributed by atoms with E-state index >= 15 is 0 Å². The summed E-state index contributed by atoms with van der Waals surface area (Å²) in [6, 6.07) is 2.47. The van der Waals surface area contributed by atoms with E-state index < -0.39 is 0 Å². The van der Waals surface area contributed by atoms with Crippen molar-refractivity contribution in [3.63, 3.8) is 0 Å². The van der Waals surface area contributed by atoms with E-state index in [4.69, 9.17) is 9.72 Å². The van der Waals surface area contributed by atoms with E-state index in [0.29, 0.717) is 6.04 Å². The molecule has 1 fully saturated rings. The van der Waals surface area contributed by atoms with Gasteiger partial charge in [-0.25, -0.2) is 9.97 Å². The van der Waals surface area contributed by atoms with Gasteiger partial charge < -0.3 is 15.0 Å². The van der Waals surface area contributed by atoms with Crippen molar-refractivity contribution in [3.05, 3.63) is 43.2 Å². The minimum Gasteiger partial charge on any atom is -0.381 e. The molecule has 8 heteroatoms. The number of hydrogen-bond acceptors (Lipinski definition) is 6. The number of H-pyrrole nitrogens is 2. The Morgan fingerprint density at radius 2 is 1.96 bits per heavy atom.